The van der Waals surface area contributed by atoms with Crippen LogP contribution in [0.4, 0.5) is 0 Å². The molecule has 0 aliphatic carbocycles. The van der Waals surface area contributed by atoms with Gasteiger partial charge in [0.05, 0.1) is 5.69 Å². The van der Waals surface area contributed by atoms with Gasteiger partial charge < -0.3 is 0 Å². The Kier molecular flexibility index (Phi) is 2.15. The first-order chi connectivity index (χ1) is 9.19. The van der Waals surface area contributed by atoms with Gasteiger partial charge in [-0.05, 0) is 18.5 Å². The molecule has 2 rings (SSSR count). The van der Waals surface area contributed by atoms with Crippen LogP contribution in [-0.4, -0.2) is 4.98 Å². The van der Waals surface area contributed by atoms with E-state index in [1.807, 2.05) is 57.2 Å². The van der Waals surface area contributed by atoms with Crippen LogP contribution in [0, 0.1) is 6.85 Å². The Morgan fingerprint density at radius 2 is 1.71 bits per heavy atom. The molecule has 1 heteroatoms. The van der Waals surface area contributed by atoms with E-state index in [0.29, 0.717) is 0 Å². The molecule has 0 radical (unpaired) electrons. The Hall–Kier alpha value is -1.63. The summed E-state index contributed by atoms with van der Waals surface area (Å²) in [6.07, 6.45) is 0. The summed E-state index contributed by atoms with van der Waals surface area (Å²) in [4.78, 5) is 4.43. The Balaban J connectivity index is 2.65. The third kappa shape index (κ3) is 2.55. The molecule has 2 aromatic rings. The number of rotatable bonds is 1. The highest BCUT2D eigenvalue weighted by Gasteiger charge is 2.20. The average molecular weight is 228 g/mol. The third-order valence-corrected chi connectivity index (χ3v) is 2.69. The van der Waals surface area contributed by atoms with Gasteiger partial charge >= 0.3 is 0 Å². The molecule has 1 aromatic carbocycles. The minimum absolute atomic E-state index is 0.155. The summed E-state index contributed by atoms with van der Waals surface area (Å²) in [5.74, 6) is 0. The summed E-state index contributed by atoms with van der Waals surface area (Å²) in [6, 6.07) is 13.4. The van der Waals surface area contributed by atoms with Crippen molar-refractivity contribution in [2.75, 3.05) is 0 Å². The lowest BCUT2D eigenvalue weighted by molar-refractivity contribution is 0.569. The average Bonchev–Trinajstić information content (AvgIpc) is 2.37. The second kappa shape index (κ2) is 4.33. The van der Waals surface area contributed by atoms with Crippen LogP contribution in [0.2, 0.25) is 0 Å². The van der Waals surface area contributed by atoms with Crippen molar-refractivity contribution >= 4 is 0 Å². The fourth-order valence-electron chi connectivity index (χ4n) is 1.88. The number of aromatic nitrogens is 1. The highest BCUT2D eigenvalue weighted by Crippen LogP contribution is 2.31. The first-order valence-electron chi connectivity index (χ1n) is 7.27. The fraction of sp³-hybridized carbons (Fsp3) is 0.312. The van der Waals surface area contributed by atoms with Gasteiger partial charge in [-0.1, -0.05) is 57.2 Å². The van der Waals surface area contributed by atoms with Crippen molar-refractivity contribution in [3.63, 3.8) is 0 Å². The molecule has 0 aliphatic rings. The smallest absolute Gasteiger partial charge is 0.0538 e. The summed E-state index contributed by atoms with van der Waals surface area (Å²) in [6.45, 7) is 3.97. The highest BCUT2D eigenvalue weighted by molar-refractivity contribution is 5.67. The molecule has 0 aliphatic heterocycles. The van der Waals surface area contributed by atoms with Gasteiger partial charge in [-0.15, -0.1) is 0 Å². The van der Waals surface area contributed by atoms with Crippen molar-refractivity contribution in [2.24, 2.45) is 0 Å². The largest absolute Gasteiger partial charge is 0.257 e. The number of pyridine rings is 1. The van der Waals surface area contributed by atoms with Crippen LogP contribution in [-0.2, 0) is 5.41 Å². The van der Waals surface area contributed by atoms with Gasteiger partial charge in [0.1, 0.15) is 0 Å². The molecular formula is C16H19N. The Morgan fingerprint density at radius 3 is 2.29 bits per heavy atom. The summed E-state index contributed by atoms with van der Waals surface area (Å²) < 4.78 is 22.6. The molecule has 0 saturated heterocycles. The first-order valence-corrected chi connectivity index (χ1v) is 5.77. The molecule has 0 spiro atoms. The Morgan fingerprint density at radius 1 is 1.00 bits per heavy atom. The minimum Gasteiger partial charge on any atom is -0.257 e. The second-order valence-electron chi connectivity index (χ2n) is 5.21. The summed E-state index contributed by atoms with van der Waals surface area (Å²) in [5.41, 5.74) is 2.81. The van der Waals surface area contributed by atoms with Gasteiger partial charge in [-0.25, -0.2) is 0 Å². The quantitative estimate of drug-likeness (QED) is 0.707. The number of aryl methyl sites for hydroxylation is 1. The van der Waals surface area contributed by atoms with Gasteiger partial charge in [0.2, 0.25) is 0 Å². The summed E-state index contributed by atoms with van der Waals surface area (Å²) in [7, 11) is 0. The Bertz CT molecular complexity index is 595. The van der Waals surface area contributed by atoms with E-state index >= 15 is 0 Å². The van der Waals surface area contributed by atoms with Crippen molar-refractivity contribution in [2.45, 2.75) is 33.0 Å². The van der Waals surface area contributed by atoms with Crippen molar-refractivity contribution < 1.29 is 4.11 Å². The molecule has 17 heavy (non-hydrogen) atoms. The molecule has 0 saturated carbocycles. The monoisotopic (exact) mass is 228 g/mol. The molecule has 1 heterocycles. The van der Waals surface area contributed by atoms with Gasteiger partial charge in [-0.2, -0.15) is 0 Å². The molecule has 0 N–H and O–H groups in total. The molecule has 0 fully saturated rings. The molecule has 1 nitrogen and oxygen atoms in total. The number of benzene rings is 1. The predicted octanol–water partition coefficient (Wildman–Crippen LogP) is 4.35. The van der Waals surface area contributed by atoms with E-state index in [9.17, 15) is 0 Å². The van der Waals surface area contributed by atoms with Gasteiger partial charge in [0, 0.05) is 20.8 Å². The number of nitrogens with zero attached hydrogens (tertiary/aromatic N) is 1. The zero-order valence-electron chi connectivity index (χ0n) is 13.5. The van der Waals surface area contributed by atoms with E-state index in [2.05, 4.69) is 4.98 Å². The normalized spacial score (nSPS) is 14.9. The van der Waals surface area contributed by atoms with Crippen LogP contribution < -0.4 is 0 Å². The van der Waals surface area contributed by atoms with Crippen molar-refractivity contribution in [3.8, 4) is 11.1 Å². The first kappa shape index (κ1) is 8.46. The van der Waals surface area contributed by atoms with E-state index in [4.69, 9.17) is 4.11 Å². The maximum absolute atomic E-state index is 7.52. The van der Waals surface area contributed by atoms with E-state index in [0.717, 1.165) is 16.8 Å². The third-order valence-electron chi connectivity index (χ3n) is 2.69. The molecule has 88 valence electrons. The van der Waals surface area contributed by atoms with E-state index in [1.54, 1.807) is 6.07 Å². The lowest BCUT2D eigenvalue weighted by Gasteiger charge is -2.22. The molecule has 0 atom stereocenters. The highest BCUT2D eigenvalue weighted by atomic mass is 14.7. The van der Waals surface area contributed by atoms with Crippen LogP contribution in [0.1, 0.15) is 36.3 Å². The fourth-order valence-corrected chi connectivity index (χ4v) is 1.88. The van der Waals surface area contributed by atoms with Crippen LogP contribution >= 0.6 is 0 Å². The maximum atomic E-state index is 7.52. The zero-order chi connectivity index (χ0) is 15.0. The lowest BCUT2D eigenvalue weighted by atomic mass is 9.86. The maximum Gasteiger partial charge on any atom is 0.0538 e. The SMILES string of the molecule is [2H]C([2H])([2H])c1ccc(-c2ccccc2)c(C(C)(C)C)n1. The van der Waals surface area contributed by atoms with Crippen LogP contribution in [0.5, 0.6) is 0 Å². The zero-order valence-corrected chi connectivity index (χ0v) is 10.5. The molecular weight excluding hydrogens is 206 g/mol. The minimum atomic E-state index is -2.17. The number of hydrogen-bond acceptors (Lipinski definition) is 1. The molecule has 0 unspecified atom stereocenters. The van der Waals surface area contributed by atoms with Gasteiger partial charge in [0.25, 0.3) is 0 Å². The predicted molar refractivity (Wildman–Crippen MR) is 73.1 cm³/mol. The summed E-state index contributed by atoms with van der Waals surface area (Å²) in [5, 5.41) is 0. The summed E-state index contributed by atoms with van der Waals surface area (Å²) >= 11 is 0. The lowest BCUT2D eigenvalue weighted by Crippen LogP contribution is -2.15. The van der Waals surface area contributed by atoms with E-state index in [1.165, 1.54) is 0 Å². The van der Waals surface area contributed by atoms with Crippen molar-refractivity contribution in [1.29, 1.82) is 0 Å². The van der Waals surface area contributed by atoms with E-state index in [-0.39, 0.29) is 11.1 Å². The topological polar surface area (TPSA) is 12.9 Å². The number of hydrogen-bond donors (Lipinski definition) is 0. The van der Waals surface area contributed by atoms with Crippen molar-refractivity contribution in [1.82, 2.24) is 4.98 Å². The molecule has 0 amide bonds. The molecule has 1 aromatic heterocycles. The van der Waals surface area contributed by atoms with Gasteiger partial charge in [-0.3, -0.25) is 4.98 Å². The van der Waals surface area contributed by atoms with Crippen LogP contribution in [0.25, 0.3) is 11.1 Å². The molecule has 0 bridgehead atoms. The Labute approximate surface area is 108 Å². The van der Waals surface area contributed by atoms with Crippen LogP contribution in [0.3, 0.4) is 0 Å². The van der Waals surface area contributed by atoms with E-state index < -0.39 is 6.85 Å². The van der Waals surface area contributed by atoms with Crippen molar-refractivity contribution in [3.05, 3.63) is 53.9 Å². The van der Waals surface area contributed by atoms with Crippen LogP contribution in [0.15, 0.2) is 42.5 Å². The standard InChI is InChI=1S/C16H19N/c1-12-10-11-14(13-8-6-5-7-9-13)15(17-12)16(2,3)4/h5-11H,1-4H3/i1D3. The van der Waals surface area contributed by atoms with Gasteiger partial charge in [0.15, 0.2) is 0 Å². The second-order valence-corrected chi connectivity index (χ2v) is 5.21.